The van der Waals surface area contributed by atoms with Crippen molar-refractivity contribution >= 4 is 17.7 Å². The number of imide groups is 1. The number of piperidine rings is 1. The third kappa shape index (κ3) is 3.33. The van der Waals surface area contributed by atoms with Gasteiger partial charge in [0.15, 0.2) is 0 Å². The Hall–Kier alpha value is -2.25. The normalized spacial score (nSPS) is 27.2. The topological polar surface area (TPSA) is 81.8 Å². The molecule has 3 heterocycles. The summed E-state index contributed by atoms with van der Waals surface area (Å²) in [6.07, 6.45) is 0.671. The van der Waals surface area contributed by atoms with Gasteiger partial charge in [-0.15, -0.1) is 0 Å². The predicted molar refractivity (Wildman–Crippen MR) is 104 cm³/mol. The van der Waals surface area contributed by atoms with Crippen molar-refractivity contribution < 1.29 is 14.4 Å². The zero-order valence-corrected chi connectivity index (χ0v) is 16.7. The molecule has 0 spiro atoms. The molecule has 0 saturated carbocycles. The number of fused-ring (bicyclic) bond motifs is 1. The maximum atomic E-state index is 13.0. The molecule has 4 rings (SSSR count). The highest BCUT2D eigenvalue weighted by Crippen LogP contribution is 2.32. The quantitative estimate of drug-likeness (QED) is 0.753. The average molecular weight is 384 g/mol. The maximum absolute atomic E-state index is 13.0. The van der Waals surface area contributed by atoms with Crippen molar-refractivity contribution in [2.24, 2.45) is 5.41 Å². The first-order chi connectivity index (χ1) is 13.3. The van der Waals surface area contributed by atoms with Crippen LogP contribution < -0.4 is 10.6 Å². The third-order valence-corrected chi connectivity index (χ3v) is 6.36. The molecule has 2 saturated heterocycles. The van der Waals surface area contributed by atoms with Gasteiger partial charge in [0.1, 0.15) is 6.04 Å². The van der Waals surface area contributed by atoms with Crippen molar-refractivity contribution in [3.8, 4) is 0 Å². The molecule has 3 aliphatic rings. The zero-order chi connectivity index (χ0) is 20.1. The van der Waals surface area contributed by atoms with E-state index in [1.807, 2.05) is 19.2 Å². The lowest BCUT2D eigenvalue weighted by Crippen LogP contribution is -2.52. The van der Waals surface area contributed by atoms with Gasteiger partial charge >= 0.3 is 0 Å². The molecule has 1 aromatic rings. The Bertz CT molecular complexity index is 835. The fourth-order valence-electron chi connectivity index (χ4n) is 4.82. The van der Waals surface area contributed by atoms with Crippen LogP contribution in [-0.4, -0.2) is 59.7 Å². The van der Waals surface area contributed by atoms with Crippen LogP contribution in [0.1, 0.15) is 48.2 Å². The number of carbonyl (C=O) groups excluding carboxylic acids is 3. The summed E-state index contributed by atoms with van der Waals surface area (Å²) in [5, 5.41) is 5.75. The predicted octanol–water partition coefficient (Wildman–Crippen LogP) is 0.877. The summed E-state index contributed by atoms with van der Waals surface area (Å²) in [6, 6.07) is 5.96. The molecule has 150 valence electrons. The van der Waals surface area contributed by atoms with Crippen molar-refractivity contribution in [2.75, 3.05) is 20.1 Å². The fraction of sp³-hybridized carbons (Fsp3) is 0.571. The summed E-state index contributed by atoms with van der Waals surface area (Å²) in [5.74, 6) is -0.739. The molecular weight excluding hydrogens is 356 g/mol. The summed E-state index contributed by atoms with van der Waals surface area (Å²) in [7, 11) is 2.01. The van der Waals surface area contributed by atoms with Crippen LogP contribution in [0.4, 0.5) is 0 Å². The second-order valence-corrected chi connectivity index (χ2v) is 8.89. The van der Waals surface area contributed by atoms with E-state index < -0.39 is 6.04 Å². The average Bonchev–Trinajstić information content (AvgIpc) is 3.11. The van der Waals surface area contributed by atoms with E-state index in [1.165, 1.54) is 0 Å². The lowest BCUT2D eigenvalue weighted by Gasteiger charge is -2.29. The first kappa shape index (κ1) is 19.1. The monoisotopic (exact) mass is 384 g/mol. The van der Waals surface area contributed by atoms with Gasteiger partial charge in [-0.3, -0.25) is 24.6 Å². The summed E-state index contributed by atoms with van der Waals surface area (Å²) in [4.78, 5) is 40.5. The Morgan fingerprint density at radius 1 is 1.25 bits per heavy atom. The Kier molecular flexibility index (Phi) is 4.75. The highest BCUT2D eigenvalue weighted by atomic mass is 16.2. The second-order valence-electron chi connectivity index (χ2n) is 8.89. The van der Waals surface area contributed by atoms with Gasteiger partial charge in [-0.25, -0.2) is 0 Å². The van der Waals surface area contributed by atoms with Crippen LogP contribution in [-0.2, 0) is 22.7 Å². The van der Waals surface area contributed by atoms with E-state index in [9.17, 15) is 14.4 Å². The molecule has 2 fully saturated rings. The van der Waals surface area contributed by atoms with E-state index in [2.05, 4.69) is 35.4 Å². The second kappa shape index (κ2) is 6.97. The van der Waals surface area contributed by atoms with Crippen molar-refractivity contribution in [3.05, 3.63) is 34.9 Å². The molecule has 3 amide bonds. The maximum Gasteiger partial charge on any atom is 0.255 e. The van der Waals surface area contributed by atoms with Crippen LogP contribution in [0.25, 0.3) is 0 Å². The summed E-state index contributed by atoms with van der Waals surface area (Å²) in [6.45, 7) is 7.78. The first-order valence-electron chi connectivity index (χ1n) is 9.94. The van der Waals surface area contributed by atoms with Crippen LogP contribution in [0.5, 0.6) is 0 Å². The van der Waals surface area contributed by atoms with Gasteiger partial charge in [0, 0.05) is 44.2 Å². The van der Waals surface area contributed by atoms with Crippen LogP contribution in [0.2, 0.25) is 0 Å². The minimum absolute atomic E-state index is 0.110. The van der Waals surface area contributed by atoms with Crippen molar-refractivity contribution in [2.45, 2.75) is 51.9 Å². The number of likely N-dealkylation sites (N-methyl/N-ethyl adjacent to an activating group) is 1. The van der Waals surface area contributed by atoms with Crippen LogP contribution in [0.3, 0.4) is 0 Å². The van der Waals surface area contributed by atoms with Crippen molar-refractivity contribution in [1.82, 2.24) is 20.4 Å². The lowest BCUT2D eigenvalue weighted by molar-refractivity contribution is -0.136. The number of amides is 3. The Morgan fingerprint density at radius 2 is 2.04 bits per heavy atom. The molecule has 28 heavy (non-hydrogen) atoms. The number of hydrogen-bond donors (Lipinski definition) is 2. The molecule has 3 aliphatic heterocycles. The standard InChI is InChI=1S/C21H28N4O3/c1-21(2)12-24(11-17(21)22-3)9-13-4-5-14-10-25(20(28)15(14)8-13)16-6-7-18(26)23-19(16)27/h4-5,8,16-17,22H,6-7,9-12H2,1-3H3,(H,23,26,27). The zero-order valence-electron chi connectivity index (χ0n) is 16.7. The smallest absolute Gasteiger partial charge is 0.255 e. The molecule has 7 nitrogen and oxygen atoms in total. The Morgan fingerprint density at radius 3 is 2.71 bits per heavy atom. The summed E-state index contributed by atoms with van der Waals surface area (Å²) >= 11 is 0. The largest absolute Gasteiger partial charge is 0.322 e. The Labute approximate surface area is 165 Å². The number of likely N-dealkylation sites (tertiary alicyclic amines) is 1. The van der Waals surface area contributed by atoms with Gasteiger partial charge < -0.3 is 10.2 Å². The summed E-state index contributed by atoms with van der Waals surface area (Å²) in [5.41, 5.74) is 2.97. The molecule has 1 aromatic carbocycles. The molecule has 0 bridgehead atoms. The van der Waals surface area contributed by atoms with E-state index in [0.717, 1.165) is 30.8 Å². The minimum Gasteiger partial charge on any atom is -0.322 e. The number of nitrogens with one attached hydrogen (secondary N) is 2. The van der Waals surface area contributed by atoms with E-state index in [-0.39, 0.29) is 29.6 Å². The fourth-order valence-corrected chi connectivity index (χ4v) is 4.82. The van der Waals surface area contributed by atoms with E-state index >= 15 is 0 Å². The summed E-state index contributed by atoms with van der Waals surface area (Å²) < 4.78 is 0. The SMILES string of the molecule is CNC1CN(Cc2ccc3c(c2)C(=O)N(C2CCC(=O)NC2=O)C3)CC1(C)C. The molecule has 2 atom stereocenters. The van der Waals surface area contributed by atoms with E-state index in [0.29, 0.717) is 24.6 Å². The van der Waals surface area contributed by atoms with Crippen molar-refractivity contribution in [1.29, 1.82) is 0 Å². The van der Waals surface area contributed by atoms with Gasteiger partial charge in [0.05, 0.1) is 0 Å². The number of rotatable bonds is 4. The van der Waals surface area contributed by atoms with Gasteiger partial charge in [-0.1, -0.05) is 26.0 Å². The number of carbonyl (C=O) groups is 3. The minimum atomic E-state index is -0.559. The number of benzene rings is 1. The highest BCUT2D eigenvalue weighted by molar-refractivity contribution is 6.05. The Balaban J connectivity index is 1.48. The molecule has 0 radical (unpaired) electrons. The van der Waals surface area contributed by atoms with Crippen LogP contribution in [0, 0.1) is 5.41 Å². The van der Waals surface area contributed by atoms with E-state index in [4.69, 9.17) is 0 Å². The lowest BCUT2D eigenvalue weighted by atomic mass is 9.88. The first-order valence-corrected chi connectivity index (χ1v) is 9.94. The van der Waals surface area contributed by atoms with Crippen LogP contribution in [0.15, 0.2) is 18.2 Å². The van der Waals surface area contributed by atoms with Gasteiger partial charge in [-0.05, 0) is 36.1 Å². The van der Waals surface area contributed by atoms with Gasteiger partial charge in [0.25, 0.3) is 5.91 Å². The number of hydrogen-bond acceptors (Lipinski definition) is 5. The molecule has 2 N–H and O–H groups in total. The molecule has 0 aliphatic carbocycles. The molecule has 2 unspecified atom stereocenters. The number of nitrogens with zero attached hydrogens (tertiary/aromatic N) is 2. The third-order valence-electron chi connectivity index (χ3n) is 6.36. The van der Waals surface area contributed by atoms with Crippen molar-refractivity contribution in [3.63, 3.8) is 0 Å². The van der Waals surface area contributed by atoms with Gasteiger partial charge in [-0.2, -0.15) is 0 Å². The molecular formula is C21H28N4O3. The van der Waals surface area contributed by atoms with E-state index in [1.54, 1.807) is 4.90 Å². The van der Waals surface area contributed by atoms with Gasteiger partial charge in [0.2, 0.25) is 11.8 Å². The highest BCUT2D eigenvalue weighted by Gasteiger charge is 2.40. The molecule has 7 heteroatoms. The molecule has 0 aromatic heterocycles. The van der Waals surface area contributed by atoms with Crippen LogP contribution >= 0.6 is 0 Å².